The van der Waals surface area contributed by atoms with Crippen LogP contribution in [0.15, 0.2) is 47.6 Å². The Morgan fingerprint density at radius 1 is 1.15 bits per heavy atom. The van der Waals surface area contributed by atoms with Crippen molar-refractivity contribution in [1.82, 2.24) is 14.8 Å². The minimum Gasteiger partial charge on any atom is -0.482 e. The highest BCUT2D eigenvalue weighted by Crippen LogP contribution is 2.27. The molecule has 4 nitrogen and oxygen atoms in total. The number of rotatable bonds is 6. The van der Waals surface area contributed by atoms with Crippen LogP contribution in [-0.2, 0) is 12.8 Å². The molecule has 6 heteroatoms. The quantitative estimate of drug-likeness (QED) is 0.572. The van der Waals surface area contributed by atoms with Gasteiger partial charge >= 0.3 is 0 Å². The van der Waals surface area contributed by atoms with Gasteiger partial charge in [-0.15, -0.1) is 10.2 Å². The number of halogens is 1. The largest absolute Gasteiger partial charge is 0.482 e. The van der Waals surface area contributed by atoms with Crippen LogP contribution in [0, 0.1) is 19.7 Å². The summed E-state index contributed by atoms with van der Waals surface area (Å²) in [6.45, 7) is 6.06. The molecule has 1 unspecified atom stereocenters. The van der Waals surface area contributed by atoms with Crippen LogP contribution in [0.1, 0.15) is 35.5 Å². The van der Waals surface area contributed by atoms with E-state index < -0.39 is 0 Å². The van der Waals surface area contributed by atoms with Gasteiger partial charge < -0.3 is 9.30 Å². The summed E-state index contributed by atoms with van der Waals surface area (Å²) in [5, 5.41) is 9.31. The number of thioether (sulfide) groups is 1. The number of ether oxygens (including phenoxy) is 1. The normalized spacial score (nSPS) is 12.2. The molecular formula is C20H22FN3OS. The van der Waals surface area contributed by atoms with Gasteiger partial charge in [0, 0.05) is 12.8 Å². The van der Waals surface area contributed by atoms with E-state index in [1.54, 1.807) is 6.07 Å². The molecule has 1 atom stereocenters. The second-order valence-corrected chi connectivity index (χ2v) is 7.29. The van der Waals surface area contributed by atoms with E-state index in [0.717, 1.165) is 27.9 Å². The first kappa shape index (κ1) is 18.5. The second kappa shape index (κ2) is 7.91. The molecule has 1 aromatic heterocycles. The molecule has 0 radical (unpaired) electrons. The minimum absolute atomic E-state index is 0.225. The molecule has 0 fully saturated rings. The average Bonchev–Trinajstić information content (AvgIpc) is 2.96. The summed E-state index contributed by atoms with van der Waals surface area (Å²) < 4.78 is 21.3. The Hall–Kier alpha value is -2.34. The van der Waals surface area contributed by atoms with E-state index in [0.29, 0.717) is 5.75 Å². The van der Waals surface area contributed by atoms with Gasteiger partial charge in [-0.1, -0.05) is 41.6 Å². The summed E-state index contributed by atoms with van der Waals surface area (Å²) in [4.78, 5) is 0. The number of benzene rings is 2. The summed E-state index contributed by atoms with van der Waals surface area (Å²) in [6.07, 6.45) is -0.225. The van der Waals surface area contributed by atoms with Crippen molar-refractivity contribution in [2.75, 3.05) is 0 Å². The van der Waals surface area contributed by atoms with E-state index in [-0.39, 0.29) is 11.9 Å². The van der Waals surface area contributed by atoms with Crippen molar-refractivity contribution in [3.05, 3.63) is 70.8 Å². The first-order chi connectivity index (χ1) is 12.4. The number of nitrogens with zero attached hydrogens (tertiary/aromatic N) is 3. The van der Waals surface area contributed by atoms with Gasteiger partial charge in [0.2, 0.25) is 0 Å². The fourth-order valence-electron chi connectivity index (χ4n) is 2.76. The lowest BCUT2D eigenvalue weighted by atomic mass is 10.1. The molecule has 2 aromatic carbocycles. The third-order valence-electron chi connectivity index (χ3n) is 4.12. The van der Waals surface area contributed by atoms with Crippen LogP contribution in [0.5, 0.6) is 5.75 Å². The Morgan fingerprint density at radius 2 is 1.96 bits per heavy atom. The lowest BCUT2D eigenvalue weighted by molar-refractivity contribution is 0.210. The predicted molar refractivity (Wildman–Crippen MR) is 102 cm³/mol. The van der Waals surface area contributed by atoms with E-state index in [4.69, 9.17) is 4.74 Å². The van der Waals surface area contributed by atoms with Gasteiger partial charge in [0.1, 0.15) is 11.6 Å². The zero-order chi connectivity index (χ0) is 18.7. The molecule has 26 heavy (non-hydrogen) atoms. The molecular weight excluding hydrogens is 349 g/mol. The molecule has 0 spiro atoms. The number of aryl methyl sites for hydroxylation is 2. The first-order valence-electron chi connectivity index (χ1n) is 8.44. The van der Waals surface area contributed by atoms with E-state index >= 15 is 0 Å². The molecule has 3 aromatic rings. The Bertz CT molecular complexity index is 910. The summed E-state index contributed by atoms with van der Waals surface area (Å²) in [6, 6.07) is 12.7. The maximum Gasteiger partial charge on any atom is 0.191 e. The fourth-order valence-corrected chi connectivity index (χ4v) is 3.62. The van der Waals surface area contributed by atoms with Crippen molar-refractivity contribution >= 4 is 11.8 Å². The zero-order valence-electron chi connectivity index (χ0n) is 15.4. The third kappa shape index (κ3) is 4.25. The van der Waals surface area contributed by atoms with E-state index in [1.165, 1.54) is 29.5 Å². The summed E-state index contributed by atoms with van der Waals surface area (Å²) >= 11 is 1.53. The van der Waals surface area contributed by atoms with Crippen molar-refractivity contribution in [3.8, 4) is 5.75 Å². The minimum atomic E-state index is -0.225. The molecule has 0 amide bonds. The molecule has 0 saturated carbocycles. The summed E-state index contributed by atoms with van der Waals surface area (Å²) in [5.74, 6) is 2.01. The van der Waals surface area contributed by atoms with Gasteiger partial charge in [0.05, 0.1) is 0 Å². The van der Waals surface area contributed by atoms with Gasteiger partial charge in [-0.05, 0) is 50.1 Å². The predicted octanol–water partition coefficient (Wildman–Crippen LogP) is 5.00. The number of aromatic nitrogens is 3. The van der Waals surface area contributed by atoms with E-state index in [2.05, 4.69) is 23.2 Å². The van der Waals surface area contributed by atoms with Crippen LogP contribution < -0.4 is 4.74 Å². The molecule has 0 aliphatic carbocycles. The fraction of sp³-hybridized carbons (Fsp3) is 0.300. The van der Waals surface area contributed by atoms with Crippen LogP contribution in [0.3, 0.4) is 0 Å². The van der Waals surface area contributed by atoms with E-state index in [9.17, 15) is 4.39 Å². The Kier molecular flexibility index (Phi) is 5.61. The Morgan fingerprint density at radius 3 is 2.69 bits per heavy atom. The van der Waals surface area contributed by atoms with Crippen molar-refractivity contribution in [2.45, 2.75) is 37.8 Å². The lowest BCUT2D eigenvalue weighted by Crippen LogP contribution is -2.10. The van der Waals surface area contributed by atoms with Crippen LogP contribution in [-0.4, -0.2) is 14.8 Å². The molecule has 0 aliphatic heterocycles. The first-order valence-corrected chi connectivity index (χ1v) is 9.43. The van der Waals surface area contributed by atoms with Gasteiger partial charge in [-0.3, -0.25) is 0 Å². The van der Waals surface area contributed by atoms with Crippen molar-refractivity contribution in [3.63, 3.8) is 0 Å². The Labute approximate surface area is 157 Å². The smallest absolute Gasteiger partial charge is 0.191 e. The average molecular weight is 371 g/mol. The topological polar surface area (TPSA) is 39.9 Å². The third-order valence-corrected chi connectivity index (χ3v) is 5.21. The maximum atomic E-state index is 13.3. The SMILES string of the molecule is Cc1ccc(OC(C)c2nnc(SCc3cccc(F)c3)n2C)c(C)c1. The molecule has 136 valence electrons. The van der Waals surface area contributed by atoms with Gasteiger partial charge in [0.25, 0.3) is 0 Å². The number of hydrogen-bond donors (Lipinski definition) is 0. The van der Waals surface area contributed by atoms with Gasteiger partial charge in [-0.25, -0.2) is 4.39 Å². The van der Waals surface area contributed by atoms with Crippen molar-refractivity contribution in [2.24, 2.45) is 7.05 Å². The van der Waals surface area contributed by atoms with Gasteiger partial charge in [0.15, 0.2) is 17.1 Å². The molecule has 0 bridgehead atoms. The molecule has 3 rings (SSSR count). The zero-order valence-corrected chi connectivity index (χ0v) is 16.2. The number of hydrogen-bond acceptors (Lipinski definition) is 4. The molecule has 0 saturated heterocycles. The van der Waals surface area contributed by atoms with Crippen LogP contribution in [0.4, 0.5) is 4.39 Å². The monoisotopic (exact) mass is 371 g/mol. The van der Waals surface area contributed by atoms with Crippen molar-refractivity contribution < 1.29 is 9.13 Å². The van der Waals surface area contributed by atoms with Crippen molar-refractivity contribution in [1.29, 1.82) is 0 Å². The summed E-state index contributed by atoms with van der Waals surface area (Å²) in [7, 11) is 1.92. The molecule has 1 heterocycles. The van der Waals surface area contributed by atoms with Crippen LogP contribution in [0.2, 0.25) is 0 Å². The summed E-state index contributed by atoms with van der Waals surface area (Å²) in [5.41, 5.74) is 3.22. The second-order valence-electron chi connectivity index (χ2n) is 6.35. The molecule has 0 aliphatic rings. The van der Waals surface area contributed by atoms with Gasteiger partial charge in [-0.2, -0.15) is 0 Å². The van der Waals surface area contributed by atoms with E-state index in [1.807, 2.05) is 43.7 Å². The highest BCUT2D eigenvalue weighted by Gasteiger charge is 2.18. The Balaban J connectivity index is 1.69. The molecule has 0 N–H and O–H groups in total. The highest BCUT2D eigenvalue weighted by molar-refractivity contribution is 7.98. The standard InChI is InChI=1S/C20H22FN3OS/c1-13-8-9-18(14(2)10-13)25-15(3)19-22-23-20(24(19)4)26-12-16-6-5-7-17(21)11-16/h5-11,15H,12H2,1-4H3. The van der Waals surface area contributed by atoms with Crippen LogP contribution in [0.25, 0.3) is 0 Å². The lowest BCUT2D eigenvalue weighted by Gasteiger charge is -2.16. The maximum absolute atomic E-state index is 13.3. The highest BCUT2D eigenvalue weighted by atomic mass is 32.2. The van der Waals surface area contributed by atoms with Crippen LogP contribution >= 0.6 is 11.8 Å².